The van der Waals surface area contributed by atoms with Crippen LogP contribution in [0.15, 0.2) is 24.3 Å². The third-order valence-electron chi connectivity index (χ3n) is 2.11. The average Bonchev–Trinajstić information content (AvgIpc) is 2.34. The number of aliphatic hydroxyl groups is 1. The van der Waals surface area contributed by atoms with Crippen LogP contribution in [0.3, 0.4) is 0 Å². The molecule has 0 bridgehead atoms. The van der Waals surface area contributed by atoms with E-state index in [4.69, 9.17) is 5.11 Å². The van der Waals surface area contributed by atoms with E-state index in [0.29, 0.717) is 11.3 Å². The molecule has 100 valence electrons. The fraction of sp³-hybridized carbons (Fsp3) is 0.417. The highest BCUT2D eigenvalue weighted by atomic mass is 19.3. The van der Waals surface area contributed by atoms with Crippen LogP contribution in [0.1, 0.15) is 12.0 Å². The van der Waals surface area contributed by atoms with Gasteiger partial charge in [0.15, 0.2) is 0 Å². The first kappa shape index (κ1) is 14.5. The van der Waals surface area contributed by atoms with Crippen molar-refractivity contribution in [3.8, 4) is 0 Å². The summed E-state index contributed by atoms with van der Waals surface area (Å²) in [6, 6.07) is 6.74. The summed E-state index contributed by atoms with van der Waals surface area (Å²) in [5.74, 6) is -0.320. The monoisotopic (exact) mass is 259 g/mol. The number of carbonyl (C=O) groups is 1. The first-order chi connectivity index (χ1) is 8.61. The quantitative estimate of drug-likeness (QED) is 0.734. The van der Waals surface area contributed by atoms with Gasteiger partial charge >= 0.3 is 0 Å². The first-order valence-electron chi connectivity index (χ1n) is 5.47. The summed E-state index contributed by atoms with van der Waals surface area (Å²) in [5.41, 5.74) is 1.24. The number of nitrogens with one attached hydrogen (secondary N) is 1. The predicted molar refractivity (Wildman–Crippen MR) is 62.4 cm³/mol. The Balaban J connectivity index is 2.30. The third-order valence-corrected chi connectivity index (χ3v) is 2.11. The number of benzene rings is 1. The zero-order valence-corrected chi connectivity index (χ0v) is 9.73. The van der Waals surface area contributed by atoms with Gasteiger partial charge < -0.3 is 15.2 Å². The summed E-state index contributed by atoms with van der Waals surface area (Å²) in [4.78, 5) is 11.4. The molecule has 0 spiro atoms. The number of amides is 1. The summed E-state index contributed by atoms with van der Waals surface area (Å²) in [6.45, 7) is -0.815. The second kappa shape index (κ2) is 7.73. The van der Waals surface area contributed by atoms with E-state index in [1.165, 1.54) is 0 Å². The summed E-state index contributed by atoms with van der Waals surface area (Å²) in [6.07, 6.45) is -2.51. The number of aliphatic hydroxyl groups excluding tert-OH is 1. The van der Waals surface area contributed by atoms with E-state index in [9.17, 15) is 13.6 Å². The molecule has 0 fully saturated rings. The SMILES string of the molecule is O=C(CCOCC(F)F)Nc1cccc(CO)c1. The van der Waals surface area contributed by atoms with Gasteiger partial charge in [-0.25, -0.2) is 8.78 Å². The minimum Gasteiger partial charge on any atom is -0.392 e. The Morgan fingerprint density at radius 1 is 1.44 bits per heavy atom. The van der Waals surface area contributed by atoms with Crippen molar-refractivity contribution in [2.45, 2.75) is 19.5 Å². The van der Waals surface area contributed by atoms with Crippen LogP contribution >= 0.6 is 0 Å². The molecule has 1 aromatic carbocycles. The lowest BCUT2D eigenvalue weighted by Gasteiger charge is -2.07. The number of ether oxygens (including phenoxy) is 1. The molecule has 1 aromatic rings. The maximum atomic E-state index is 11.7. The highest BCUT2D eigenvalue weighted by Crippen LogP contribution is 2.10. The molecule has 0 atom stereocenters. The predicted octanol–water partition coefficient (Wildman–Crippen LogP) is 1.79. The Morgan fingerprint density at radius 2 is 2.22 bits per heavy atom. The molecule has 0 heterocycles. The van der Waals surface area contributed by atoms with Crippen LogP contribution < -0.4 is 5.32 Å². The molecular weight excluding hydrogens is 244 g/mol. The molecule has 1 rings (SSSR count). The second-order valence-electron chi connectivity index (χ2n) is 3.62. The van der Waals surface area contributed by atoms with Crippen molar-refractivity contribution in [2.75, 3.05) is 18.5 Å². The van der Waals surface area contributed by atoms with E-state index in [1.807, 2.05) is 0 Å². The number of anilines is 1. The minimum absolute atomic E-state index is 0.00999. The topological polar surface area (TPSA) is 58.6 Å². The second-order valence-corrected chi connectivity index (χ2v) is 3.62. The summed E-state index contributed by atoms with van der Waals surface area (Å²) in [5, 5.41) is 11.5. The van der Waals surface area contributed by atoms with Crippen LogP contribution in [-0.4, -0.2) is 30.7 Å². The van der Waals surface area contributed by atoms with Crippen molar-refractivity contribution in [3.63, 3.8) is 0 Å². The lowest BCUT2D eigenvalue weighted by atomic mass is 10.2. The maximum absolute atomic E-state index is 11.7. The number of carbonyl (C=O) groups excluding carboxylic acids is 1. The van der Waals surface area contributed by atoms with Crippen LogP contribution in [-0.2, 0) is 16.1 Å². The molecule has 4 nitrogen and oxygen atoms in total. The summed E-state index contributed by atoms with van der Waals surface area (Å²) >= 11 is 0. The molecule has 0 aliphatic rings. The van der Waals surface area contributed by atoms with Crippen molar-refractivity contribution >= 4 is 11.6 Å². The summed E-state index contributed by atoms with van der Waals surface area (Å²) < 4.78 is 28.1. The van der Waals surface area contributed by atoms with Gasteiger partial charge in [0.2, 0.25) is 5.91 Å². The van der Waals surface area contributed by atoms with Gasteiger partial charge in [-0.05, 0) is 17.7 Å². The van der Waals surface area contributed by atoms with E-state index in [2.05, 4.69) is 10.1 Å². The van der Waals surface area contributed by atoms with E-state index < -0.39 is 13.0 Å². The molecule has 2 N–H and O–H groups in total. The Kier molecular flexibility index (Phi) is 6.24. The van der Waals surface area contributed by atoms with Crippen molar-refractivity contribution < 1.29 is 23.4 Å². The third kappa shape index (κ3) is 5.70. The van der Waals surface area contributed by atoms with E-state index in [0.717, 1.165) is 0 Å². The molecule has 0 aliphatic heterocycles. The lowest BCUT2D eigenvalue weighted by Crippen LogP contribution is -2.15. The highest BCUT2D eigenvalue weighted by molar-refractivity contribution is 5.90. The van der Waals surface area contributed by atoms with Crippen molar-refractivity contribution in [1.82, 2.24) is 0 Å². The standard InChI is InChI=1S/C12H15F2NO3/c13-11(14)8-18-5-4-12(17)15-10-3-1-2-9(6-10)7-16/h1-3,6,11,16H,4-5,7-8H2,(H,15,17). The molecule has 0 radical (unpaired) electrons. The van der Waals surface area contributed by atoms with Gasteiger partial charge in [0.05, 0.1) is 19.6 Å². The van der Waals surface area contributed by atoms with Gasteiger partial charge in [-0.3, -0.25) is 4.79 Å². The van der Waals surface area contributed by atoms with E-state index in [-0.39, 0.29) is 25.5 Å². The highest BCUT2D eigenvalue weighted by Gasteiger charge is 2.05. The number of rotatable bonds is 7. The largest absolute Gasteiger partial charge is 0.392 e. The van der Waals surface area contributed by atoms with Crippen molar-refractivity contribution in [3.05, 3.63) is 29.8 Å². The number of hydrogen-bond acceptors (Lipinski definition) is 3. The Morgan fingerprint density at radius 3 is 2.89 bits per heavy atom. The van der Waals surface area contributed by atoms with Gasteiger partial charge in [-0.2, -0.15) is 0 Å². The number of halogens is 2. The lowest BCUT2D eigenvalue weighted by molar-refractivity contribution is -0.117. The molecule has 0 saturated carbocycles. The van der Waals surface area contributed by atoms with Crippen LogP contribution in [0.25, 0.3) is 0 Å². The molecule has 18 heavy (non-hydrogen) atoms. The Hall–Kier alpha value is -1.53. The van der Waals surface area contributed by atoms with Crippen molar-refractivity contribution in [2.24, 2.45) is 0 Å². The first-order valence-corrected chi connectivity index (χ1v) is 5.47. The minimum atomic E-state index is -2.52. The van der Waals surface area contributed by atoms with E-state index >= 15 is 0 Å². The Bertz CT molecular complexity index is 385. The van der Waals surface area contributed by atoms with Crippen molar-refractivity contribution in [1.29, 1.82) is 0 Å². The van der Waals surface area contributed by atoms with Gasteiger partial charge in [-0.15, -0.1) is 0 Å². The maximum Gasteiger partial charge on any atom is 0.261 e. The normalized spacial score (nSPS) is 10.7. The zero-order valence-electron chi connectivity index (χ0n) is 9.73. The van der Waals surface area contributed by atoms with Gasteiger partial charge in [0.1, 0.15) is 6.61 Å². The van der Waals surface area contributed by atoms with Crippen LogP contribution in [0.2, 0.25) is 0 Å². The van der Waals surface area contributed by atoms with Gasteiger partial charge in [0.25, 0.3) is 6.43 Å². The zero-order chi connectivity index (χ0) is 13.4. The molecular formula is C12H15F2NO3. The molecule has 0 unspecified atom stereocenters. The molecule has 0 saturated heterocycles. The van der Waals surface area contributed by atoms with Crippen LogP contribution in [0.4, 0.5) is 14.5 Å². The molecule has 6 heteroatoms. The molecule has 1 amide bonds. The van der Waals surface area contributed by atoms with Gasteiger partial charge in [-0.1, -0.05) is 12.1 Å². The fourth-order valence-electron chi connectivity index (χ4n) is 1.31. The van der Waals surface area contributed by atoms with Gasteiger partial charge in [0, 0.05) is 5.69 Å². The summed E-state index contributed by atoms with van der Waals surface area (Å²) in [7, 11) is 0. The Labute approximate surface area is 104 Å². The van der Waals surface area contributed by atoms with Crippen LogP contribution in [0, 0.1) is 0 Å². The fourth-order valence-corrected chi connectivity index (χ4v) is 1.31. The average molecular weight is 259 g/mol. The van der Waals surface area contributed by atoms with E-state index in [1.54, 1.807) is 24.3 Å². The smallest absolute Gasteiger partial charge is 0.261 e. The van der Waals surface area contributed by atoms with Crippen LogP contribution in [0.5, 0.6) is 0 Å². The molecule has 0 aliphatic carbocycles. The number of hydrogen-bond donors (Lipinski definition) is 2. The molecule has 0 aromatic heterocycles. The number of alkyl halides is 2.